The SMILES string of the molecule is c1ccc(-c2cc(-c3ccccc3)cc(-c3ccc(-c4nc(-c5cccc(-c6ccccc6)c5)nc(-c5ccc6c(c5)sc5ccccc56)n4)cc3)c2)cc1.c1ccc(-c2ccc(-c3nc(-c4ccc(-c5cc(-c6ccccc6)cc(-c6ccccc6)c5)cc4)nc(-c4ccc5c(c4)sc4ccccc45)n3)cc2)cc1. The molecule has 0 radical (unpaired) electrons. The molecule has 0 aliphatic heterocycles. The van der Waals surface area contributed by atoms with Crippen molar-refractivity contribution in [2.24, 2.45) is 0 Å². The van der Waals surface area contributed by atoms with Gasteiger partial charge in [-0.15, -0.1) is 22.7 Å². The van der Waals surface area contributed by atoms with Gasteiger partial charge in [0.05, 0.1) is 0 Å². The van der Waals surface area contributed by atoms with E-state index in [-0.39, 0.29) is 0 Å². The standard InChI is InChI=1S/2C51H33N3S/c1-4-13-34(14-5-1)39-19-12-20-40(29-39)50-52-49(53-51(54-50)41-27-28-46-45-21-10-11-22-47(45)55-48(46)33-41)38-25-23-37(24-26-38)44-31-42(35-15-6-2-7-16-35)30-43(32-44)36-17-8-3-9-18-36;1-4-12-34(13-5-1)37-20-24-39(25-21-37)49-52-50(54-51(53-49)41-28-29-46-45-18-10-11-19-47(45)55-48(46)33-41)40-26-22-38(23-27-40)44-31-42(35-14-6-2-7-15-35)30-43(32-44)36-16-8-3-9-17-36/h2*1-33H. The molecule has 8 heteroatoms. The molecule has 4 aromatic heterocycles. The normalized spacial score (nSPS) is 11.3. The van der Waals surface area contributed by atoms with Gasteiger partial charge in [0.2, 0.25) is 0 Å². The summed E-state index contributed by atoms with van der Waals surface area (Å²) in [5, 5.41) is 5.04. The first-order chi connectivity index (χ1) is 54.4. The summed E-state index contributed by atoms with van der Waals surface area (Å²) >= 11 is 3.60. The molecule has 20 aromatic rings. The minimum absolute atomic E-state index is 0.635. The molecule has 0 unspecified atom stereocenters. The molecule has 0 spiro atoms. The minimum atomic E-state index is 0.635. The van der Waals surface area contributed by atoms with Crippen LogP contribution in [0.3, 0.4) is 0 Å². The van der Waals surface area contributed by atoms with E-state index in [1.165, 1.54) is 90.4 Å². The van der Waals surface area contributed by atoms with Crippen LogP contribution in [0.2, 0.25) is 0 Å². The number of thiophene rings is 2. The van der Waals surface area contributed by atoms with E-state index in [1.807, 2.05) is 12.1 Å². The Bertz CT molecular complexity index is 6600. The monoisotopic (exact) mass is 1440 g/mol. The van der Waals surface area contributed by atoms with Crippen LogP contribution in [-0.4, -0.2) is 29.9 Å². The molecule has 20 rings (SSSR count). The van der Waals surface area contributed by atoms with Crippen molar-refractivity contribution in [1.29, 1.82) is 0 Å². The van der Waals surface area contributed by atoms with Crippen LogP contribution in [0.25, 0.3) is 198 Å². The lowest BCUT2D eigenvalue weighted by Gasteiger charge is -2.12. The second-order valence-corrected chi connectivity index (χ2v) is 29.5. The summed E-state index contributed by atoms with van der Waals surface area (Å²) in [6.45, 7) is 0. The van der Waals surface area contributed by atoms with E-state index < -0.39 is 0 Å². The third kappa shape index (κ3) is 13.9. The first-order valence-corrected chi connectivity index (χ1v) is 38.5. The Kier molecular flexibility index (Phi) is 18.0. The van der Waals surface area contributed by atoms with Gasteiger partial charge in [0.25, 0.3) is 0 Å². The van der Waals surface area contributed by atoms with Crippen LogP contribution in [0.15, 0.2) is 400 Å². The highest BCUT2D eigenvalue weighted by molar-refractivity contribution is 7.26. The van der Waals surface area contributed by atoms with Gasteiger partial charge in [0.1, 0.15) is 0 Å². The molecule has 6 nitrogen and oxygen atoms in total. The van der Waals surface area contributed by atoms with Crippen molar-refractivity contribution in [1.82, 2.24) is 29.9 Å². The fraction of sp³-hybridized carbons (Fsp3) is 0. The summed E-state index contributed by atoms with van der Waals surface area (Å²) in [6.07, 6.45) is 0. The summed E-state index contributed by atoms with van der Waals surface area (Å²) in [5.41, 5.74) is 24.3. The summed E-state index contributed by atoms with van der Waals surface area (Å²) < 4.78 is 4.97. The van der Waals surface area contributed by atoms with Crippen molar-refractivity contribution < 1.29 is 0 Å². The van der Waals surface area contributed by atoms with E-state index in [1.54, 1.807) is 22.7 Å². The van der Waals surface area contributed by atoms with Gasteiger partial charge in [-0.2, -0.15) is 0 Å². The van der Waals surface area contributed by atoms with Gasteiger partial charge in [-0.25, -0.2) is 29.9 Å². The molecule has 4 heterocycles. The lowest BCUT2D eigenvalue weighted by molar-refractivity contribution is 1.07. The molecular formula is C102H66N6S2. The van der Waals surface area contributed by atoms with E-state index in [0.717, 1.165) is 72.3 Å². The topological polar surface area (TPSA) is 77.3 Å². The Morgan fingerprint density at radius 2 is 0.309 bits per heavy atom. The molecular weight excluding hydrogens is 1370 g/mol. The second kappa shape index (κ2) is 29.7. The molecule has 0 saturated carbocycles. The zero-order valence-electron chi connectivity index (χ0n) is 59.6. The van der Waals surface area contributed by atoms with Gasteiger partial charge in [0.15, 0.2) is 34.9 Å². The van der Waals surface area contributed by atoms with Crippen LogP contribution in [0.4, 0.5) is 0 Å². The van der Waals surface area contributed by atoms with Gasteiger partial charge in [-0.05, 0) is 156 Å². The Morgan fingerprint density at radius 3 is 0.627 bits per heavy atom. The Labute approximate surface area is 646 Å². The first kappa shape index (κ1) is 66.6. The van der Waals surface area contributed by atoms with Crippen molar-refractivity contribution in [3.8, 4) is 157 Å². The maximum atomic E-state index is 5.13. The third-order valence-corrected chi connectivity index (χ3v) is 22.5. The fourth-order valence-electron chi connectivity index (χ4n) is 14.6. The van der Waals surface area contributed by atoms with Gasteiger partial charge in [0, 0.05) is 73.7 Å². The quantitative estimate of drug-likeness (QED) is 0.108. The highest BCUT2D eigenvalue weighted by Gasteiger charge is 2.19. The van der Waals surface area contributed by atoms with E-state index in [2.05, 4.69) is 388 Å². The molecule has 0 amide bonds. The molecule has 0 bridgehead atoms. The maximum Gasteiger partial charge on any atom is 0.164 e. The number of aromatic nitrogens is 6. The molecule has 0 aliphatic carbocycles. The zero-order chi connectivity index (χ0) is 73.1. The molecule has 0 N–H and O–H groups in total. The molecule has 110 heavy (non-hydrogen) atoms. The van der Waals surface area contributed by atoms with Crippen LogP contribution in [0, 0.1) is 0 Å². The van der Waals surface area contributed by atoms with Crippen LogP contribution in [0.5, 0.6) is 0 Å². The highest BCUT2D eigenvalue weighted by Crippen LogP contribution is 2.42. The van der Waals surface area contributed by atoms with Crippen LogP contribution in [0.1, 0.15) is 0 Å². The van der Waals surface area contributed by atoms with Crippen molar-refractivity contribution in [3.05, 3.63) is 400 Å². The Balaban J connectivity index is 0.000000149. The third-order valence-electron chi connectivity index (χ3n) is 20.3. The fourth-order valence-corrected chi connectivity index (χ4v) is 16.9. The van der Waals surface area contributed by atoms with Crippen molar-refractivity contribution >= 4 is 63.0 Å². The van der Waals surface area contributed by atoms with Crippen LogP contribution >= 0.6 is 22.7 Å². The molecule has 0 saturated heterocycles. The predicted molar refractivity (Wildman–Crippen MR) is 462 cm³/mol. The number of fused-ring (bicyclic) bond motifs is 6. The smallest absolute Gasteiger partial charge is 0.164 e. The number of benzene rings is 16. The molecule has 0 atom stereocenters. The molecule has 516 valence electrons. The highest BCUT2D eigenvalue weighted by atomic mass is 32.1. The zero-order valence-corrected chi connectivity index (χ0v) is 61.2. The number of nitrogens with zero attached hydrogens (tertiary/aromatic N) is 6. The number of hydrogen-bond donors (Lipinski definition) is 0. The van der Waals surface area contributed by atoms with E-state index >= 15 is 0 Å². The summed E-state index contributed by atoms with van der Waals surface area (Å²) in [5.74, 6) is 3.86. The van der Waals surface area contributed by atoms with Crippen molar-refractivity contribution in [3.63, 3.8) is 0 Å². The van der Waals surface area contributed by atoms with E-state index in [9.17, 15) is 0 Å². The first-order valence-electron chi connectivity index (χ1n) is 36.8. The summed E-state index contributed by atoms with van der Waals surface area (Å²) in [7, 11) is 0. The van der Waals surface area contributed by atoms with Gasteiger partial charge in [-0.1, -0.05) is 334 Å². The Hall–Kier alpha value is -14.0. The average Bonchev–Trinajstić information content (AvgIpc) is 1.47. The van der Waals surface area contributed by atoms with Gasteiger partial charge in [-0.3, -0.25) is 0 Å². The van der Waals surface area contributed by atoms with E-state index in [0.29, 0.717) is 34.9 Å². The lowest BCUT2D eigenvalue weighted by Crippen LogP contribution is -2.00. The van der Waals surface area contributed by atoms with Crippen molar-refractivity contribution in [2.45, 2.75) is 0 Å². The molecule has 16 aromatic carbocycles. The maximum absolute atomic E-state index is 5.13. The van der Waals surface area contributed by atoms with Crippen molar-refractivity contribution in [2.75, 3.05) is 0 Å². The Morgan fingerprint density at radius 1 is 0.118 bits per heavy atom. The average molecular weight is 1440 g/mol. The number of hydrogen-bond acceptors (Lipinski definition) is 8. The predicted octanol–water partition coefficient (Wildman–Crippen LogP) is 27.8. The second-order valence-electron chi connectivity index (χ2n) is 27.3. The lowest BCUT2D eigenvalue weighted by atomic mass is 9.93. The molecule has 0 fully saturated rings. The van der Waals surface area contributed by atoms with Crippen LogP contribution in [-0.2, 0) is 0 Å². The summed E-state index contributed by atoms with van der Waals surface area (Å²) in [6, 6.07) is 141. The number of rotatable bonds is 14. The summed E-state index contributed by atoms with van der Waals surface area (Å²) in [4.78, 5) is 30.7. The minimum Gasteiger partial charge on any atom is -0.208 e. The molecule has 0 aliphatic rings. The van der Waals surface area contributed by atoms with Gasteiger partial charge < -0.3 is 0 Å². The van der Waals surface area contributed by atoms with Gasteiger partial charge >= 0.3 is 0 Å². The van der Waals surface area contributed by atoms with E-state index in [4.69, 9.17) is 29.9 Å². The largest absolute Gasteiger partial charge is 0.208 e. The van der Waals surface area contributed by atoms with Crippen LogP contribution < -0.4 is 0 Å².